The lowest BCUT2D eigenvalue weighted by atomic mass is 10.1. The highest BCUT2D eigenvalue weighted by molar-refractivity contribution is 7.14. The second-order valence-corrected chi connectivity index (χ2v) is 7.72. The van der Waals surface area contributed by atoms with Gasteiger partial charge in [-0.05, 0) is 62.4 Å². The van der Waals surface area contributed by atoms with Crippen LogP contribution in [0.2, 0.25) is 0 Å². The molecule has 2 heterocycles. The molecule has 128 valence electrons. The van der Waals surface area contributed by atoms with Crippen molar-refractivity contribution in [1.82, 2.24) is 4.90 Å². The average molecular weight is 347 g/mol. The largest absolute Gasteiger partial charge is 0.393 e. The minimum Gasteiger partial charge on any atom is -0.393 e. The first-order valence-corrected chi connectivity index (χ1v) is 9.12. The maximum Gasteiger partial charge on any atom is 0.264 e. The van der Waals surface area contributed by atoms with Crippen LogP contribution >= 0.6 is 11.3 Å². The lowest BCUT2D eigenvalue weighted by molar-refractivity contribution is 0.0687. The van der Waals surface area contributed by atoms with E-state index in [9.17, 15) is 14.3 Å². The van der Waals surface area contributed by atoms with Crippen LogP contribution in [0.25, 0.3) is 11.1 Å². The van der Waals surface area contributed by atoms with Crippen LogP contribution in [0.4, 0.5) is 4.39 Å². The minimum atomic E-state index is -0.400. The number of aryl methyl sites for hydroxylation is 1. The van der Waals surface area contributed by atoms with Crippen LogP contribution in [0.1, 0.15) is 40.7 Å². The molecule has 3 nitrogen and oxygen atoms in total. The predicted octanol–water partition coefficient (Wildman–Crippen LogP) is 4.24. The number of halogens is 1. The number of nitrogens with zero attached hydrogens (tertiary/aromatic N) is 1. The maximum atomic E-state index is 13.1. The van der Waals surface area contributed by atoms with Crippen molar-refractivity contribution in [3.05, 3.63) is 45.9 Å². The van der Waals surface area contributed by atoms with Gasteiger partial charge in [-0.15, -0.1) is 11.3 Å². The topological polar surface area (TPSA) is 40.5 Å². The Morgan fingerprint density at radius 2 is 2.12 bits per heavy atom. The van der Waals surface area contributed by atoms with Crippen LogP contribution in [0.3, 0.4) is 0 Å². The van der Waals surface area contributed by atoms with E-state index < -0.39 is 6.10 Å². The Bertz CT molecular complexity index is 723. The minimum absolute atomic E-state index is 0.0413. The van der Waals surface area contributed by atoms with Gasteiger partial charge >= 0.3 is 0 Å². The molecule has 3 rings (SSSR count). The Morgan fingerprint density at radius 3 is 2.79 bits per heavy atom. The first kappa shape index (κ1) is 17.1. The third kappa shape index (κ3) is 3.52. The van der Waals surface area contributed by atoms with E-state index in [1.807, 2.05) is 17.9 Å². The van der Waals surface area contributed by atoms with E-state index in [2.05, 4.69) is 0 Å². The maximum absolute atomic E-state index is 13.1. The van der Waals surface area contributed by atoms with Crippen LogP contribution < -0.4 is 0 Å². The molecular weight excluding hydrogens is 325 g/mol. The lowest BCUT2D eigenvalue weighted by Gasteiger charge is -2.25. The number of aliphatic hydroxyl groups excluding tert-OH is 1. The molecule has 1 aromatic heterocycles. The first-order valence-electron chi connectivity index (χ1n) is 8.31. The van der Waals surface area contributed by atoms with Crippen molar-refractivity contribution in [3.63, 3.8) is 0 Å². The third-order valence-electron chi connectivity index (χ3n) is 4.53. The zero-order valence-electron chi connectivity index (χ0n) is 14.0. The summed E-state index contributed by atoms with van der Waals surface area (Å²) in [7, 11) is 0. The van der Waals surface area contributed by atoms with Crippen LogP contribution in [-0.2, 0) is 0 Å². The van der Waals surface area contributed by atoms with E-state index in [0.29, 0.717) is 11.3 Å². The Kier molecular flexibility index (Phi) is 5.01. The lowest BCUT2D eigenvalue weighted by Crippen LogP contribution is -2.36. The molecule has 1 aromatic carbocycles. The van der Waals surface area contributed by atoms with Crippen LogP contribution in [0.15, 0.2) is 30.3 Å². The zero-order valence-corrected chi connectivity index (χ0v) is 14.8. The van der Waals surface area contributed by atoms with Gasteiger partial charge in [0.15, 0.2) is 0 Å². The van der Waals surface area contributed by atoms with Crippen molar-refractivity contribution in [2.45, 2.75) is 45.3 Å². The van der Waals surface area contributed by atoms with Crippen molar-refractivity contribution in [2.24, 2.45) is 0 Å². The summed E-state index contributed by atoms with van der Waals surface area (Å²) in [6.45, 7) is 4.50. The SMILES string of the molecule is Cc1sc(C(=O)N2CCCC2CC(C)O)cc1-c1ccc(F)cc1. The fourth-order valence-corrected chi connectivity index (χ4v) is 4.38. The fraction of sp³-hybridized carbons (Fsp3) is 0.421. The predicted molar refractivity (Wildman–Crippen MR) is 94.8 cm³/mol. The second-order valence-electron chi connectivity index (χ2n) is 6.47. The molecule has 0 spiro atoms. The highest BCUT2D eigenvalue weighted by Crippen LogP contribution is 2.33. The molecule has 1 N–H and O–H groups in total. The highest BCUT2D eigenvalue weighted by atomic mass is 32.1. The Labute approximate surface area is 145 Å². The molecule has 0 saturated carbocycles. The normalized spacial score (nSPS) is 18.8. The molecular formula is C19H22FNO2S. The number of hydrogen-bond acceptors (Lipinski definition) is 3. The van der Waals surface area contributed by atoms with Gasteiger partial charge in [0.2, 0.25) is 0 Å². The number of likely N-dealkylation sites (tertiary alicyclic amines) is 1. The second kappa shape index (κ2) is 7.03. The van der Waals surface area contributed by atoms with E-state index in [0.717, 1.165) is 35.4 Å². The van der Waals surface area contributed by atoms with E-state index in [1.165, 1.54) is 23.5 Å². The Hall–Kier alpha value is -1.72. The molecule has 1 aliphatic rings. The molecule has 0 aliphatic carbocycles. The Morgan fingerprint density at radius 1 is 1.42 bits per heavy atom. The molecule has 1 aliphatic heterocycles. The summed E-state index contributed by atoms with van der Waals surface area (Å²) in [6, 6.07) is 8.39. The van der Waals surface area contributed by atoms with Crippen molar-refractivity contribution in [1.29, 1.82) is 0 Å². The van der Waals surface area contributed by atoms with Gasteiger partial charge in [0, 0.05) is 17.5 Å². The van der Waals surface area contributed by atoms with Gasteiger partial charge in [-0.3, -0.25) is 4.79 Å². The smallest absolute Gasteiger partial charge is 0.264 e. The van der Waals surface area contributed by atoms with E-state index in [4.69, 9.17) is 0 Å². The summed E-state index contributed by atoms with van der Waals surface area (Å²) in [5.74, 6) is -0.222. The number of thiophene rings is 1. The fourth-order valence-electron chi connectivity index (χ4n) is 3.39. The molecule has 2 atom stereocenters. The van der Waals surface area contributed by atoms with Crippen LogP contribution in [-0.4, -0.2) is 34.6 Å². The molecule has 5 heteroatoms. The van der Waals surface area contributed by atoms with Crippen LogP contribution in [0, 0.1) is 12.7 Å². The summed E-state index contributed by atoms with van der Waals surface area (Å²) in [5.41, 5.74) is 1.90. The molecule has 24 heavy (non-hydrogen) atoms. The highest BCUT2D eigenvalue weighted by Gasteiger charge is 2.31. The van der Waals surface area contributed by atoms with Gasteiger partial charge < -0.3 is 10.0 Å². The van der Waals surface area contributed by atoms with E-state index >= 15 is 0 Å². The van der Waals surface area contributed by atoms with Gasteiger partial charge in [-0.2, -0.15) is 0 Å². The summed E-state index contributed by atoms with van der Waals surface area (Å²) < 4.78 is 13.1. The van der Waals surface area contributed by atoms with Crippen molar-refractivity contribution in [3.8, 4) is 11.1 Å². The number of aliphatic hydroxyl groups is 1. The third-order valence-corrected chi connectivity index (χ3v) is 5.57. The molecule has 2 aromatic rings. The average Bonchev–Trinajstić information content (AvgIpc) is 3.14. The number of hydrogen-bond donors (Lipinski definition) is 1. The molecule has 0 radical (unpaired) electrons. The number of benzene rings is 1. The van der Waals surface area contributed by atoms with Crippen molar-refractivity contribution >= 4 is 17.2 Å². The van der Waals surface area contributed by atoms with Gasteiger partial charge in [-0.1, -0.05) is 12.1 Å². The van der Waals surface area contributed by atoms with Crippen LogP contribution in [0.5, 0.6) is 0 Å². The summed E-state index contributed by atoms with van der Waals surface area (Å²) in [4.78, 5) is 16.5. The number of amides is 1. The van der Waals surface area contributed by atoms with Crippen molar-refractivity contribution in [2.75, 3.05) is 6.54 Å². The monoisotopic (exact) mass is 347 g/mol. The summed E-state index contributed by atoms with van der Waals surface area (Å²) in [5, 5.41) is 9.64. The van der Waals surface area contributed by atoms with Gasteiger partial charge in [0.1, 0.15) is 5.82 Å². The molecule has 0 bridgehead atoms. The first-order chi connectivity index (χ1) is 11.5. The molecule has 1 fully saturated rings. The molecule has 1 amide bonds. The van der Waals surface area contributed by atoms with Gasteiger partial charge in [-0.25, -0.2) is 4.39 Å². The molecule has 2 unspecified atom stereocenters. The Balaban J connectivity index is 1.83. The number of carbonyl (C=O) groups is 1. The number of carbonyl (C=O) groups excluding carboxylic acids is 1. The summed E-state index contributed by atoms with van der Waals surface area (Å²) >= 11 is 1.48. The van der Waals surface area contributed by atoms with Gasteiger partial charge in [0.05, 0.1) is 11.0 Å². The summed E-state index contributed by atoms with van der Waals surface area (Å²) in [6.07, 6.45) is 2.16. The number of rotatable bonds is 4. The van der Waals surface area contributed by atoms with Crippen molar-refractivity contribution < 1.29 is 14.3 Å². The zero-order chi connectivity index (χ0) is 17.3. The quantitative estimate of drug-likeness (QED) is 0.899. The van der Waals surface area contributed by atoms with E-state index in [1.54, 1.807) is 19.1 Å². The van der Waals surface area contributed by atoms with E-state index in [-0.39, 0.29) is 17.8 Å². The standard InChI is InChI=1S/C19H22FNO2S/c1-12(22)10-16-4-3-9-21(16)19(23)18-11-17(13(2)24-18)14-5-7-15(20)8-6-14/h5-8,11-12,16,22H,3-4,9-10H2,1-2H3. The molecule has 1 saturated heterocycles. The van der Waals surface area contributed by atoms with Gasteiger partial charge in [0.25, 0.3) is 5.91 Å².